The standard InChI is InChI=1S/C49H69N7O12/c1-31-27-36-43(51-21-22-55-23-25-56(26-24-55)49(64)68-54-42(59)20-13-8-7-12-19-41(58)52-35-16-10-9-11-17-35)38(57)30-37(45(36)61)53-47(62)32(2)15-14-18-39(65-5)46(67-48(50)63)34(4)29-33(3)44(60)40(28-31)66-6/h9-11,14-18,29-31,33,39-40,44,46,51,60H,7-8,12-13,19-28H2,1-6H3,(H2,50,63)(H,52,58)(H,53,62)(H,54,59)/b18-14-,32-15+,34-29+/t31-,33+,39+,40+,44+,46+/m1/s1. The van der Waals surface area contributed by atoms with Gasteiger partial charge in [-0.3, -0.25) is 28.9 Å². The average molecular weight is 948 g/mol. The van der Waals surface area contributed by atoms with E-state index in [0.29, 0.717) is 64.0 Å². The molecular weight excluding hydrogens is 879 g/mol. The van der Waals surface area contributed by atoms with Crippen molar-refractivity contribution in [2.24, 2.45) is 17.6 Å². The van der Waals surface area contributed by atoms with Crippen LogP contribution in [0.4, 0.5) is 15.3 Å². The van der Waals surface area contributed by atoms with Crippen LogP contribution in [0.25, 0.3) is 0 Å². The van der Waals surface area contributed by atoms with Crippen LogP contribution in [-0.4, -0.2) is 134 Å². The van der Waals surface area contributed by atoms with Gasteiger partial charge in [0.1, 0.15) is 6.10 Å². The lowest BCUT2D eigenvalue weighted by Crippen LogP contribution is -2.51. The number of methoxy groups -OCH3 is 2. The minimum absolute atomic E-state index is 0.0560. The summed E-state index contributed by atoms with van der Waals surface area (Å²) in [6.07, 6.45) is 6.04. The molecule has 372 valence electrons. The summed E-state index contributed by atoms with van der Waals surface area (Å²) >= 11 is 0. The number of ketones is 2. The van der Waals surface area contributed by atoms with Gasteiger partial charge in [-0.1, -0.05) is 69.2 Å². The molecule has 2 aliphatic heterocycles. The molecular formula is C49H69N7O12. The first-order valence-electron chi connectivity index (χ1n) is 23.1. The van der Waals surface area contributed by atoms with Crippen molar-refractivity contribution in [2.75, 3.05) is 58.8 Å². The molecule has 1 saturated heterocycles. The summed E-state index contributed by atoms with van der Waals surface area (Å²) in [7, 11) is 2.90. The number of unbranched alkanes of at least 4 members (excludes halogenated alkanes) is 3. The van der Waals surface area contributed by atoms with Crippen LogP contribution in [0.2, 0.25) is 0 Å². The Hall–Kier alpha value is -6.15. The SMILES string of the molecule is CO[C@H]1/C=C\C=C(/C)C(=O)NC2=CC(=O)C(NCCN3CCN(C(=O)ONC(=O)CCCCCCC(=O)Nc4ccccc4)CC3)=C(C[C@@H](C)C[C@H](OC)[C@@H](O)[C@@H](C)/C=C(\C)[C@@H]1OC(N)=O)C2=O. The molecule has 1 aromatic rings. The van der Waals surface area contributed by atoms with Gasteiger partial charge in [0.05, 0.1) is 23.6 Å². The fraction of sp³-hybridized carbons (Fsp3) is 0.531. The quantitative estimate of drug-likeness (QED) is 0.0626. The number of hydrogen-bond acceptors (Lipinski definition) is 14. The van der Waals surface area contributed by atoms with Gasteiger partial charge in [0.2, 0.25) is 17.5 Å². The maximum absolute atomic E-state index is 14.1. The molecule has 1 aliphatic carbocycles. The normalized spacial score (nSPS) is 25.4. The number of allylic oxidation sites excluding steroid dienone is 4. The number of nitrogens with one attached hydrogen (secondary N) is 4. The number of amides is 5. The van der Waals surface area contributed by atoms with Crippen LogP contribution >= 0.6 is 0 Å². The van der Waals surface area contributed by atoms with Gasteiger partial charge in [-0.25, -0.2) is 9.59 Å². The van der Waals surface area contributed by atoms with E-state index in [9.17, 15) is 38.7 Å². The first kappa shape index (κ1) is 54.5. The molecule has 2 bridgehead atoms. The van der Waals surface area contributed by atoms with E-state index in [-0.39, 0.29) is 53.8 Å². The van der Waals surface area contributed by atoms with Crippen LogP contribution in [0.3, 0.4) is 0 Å². The van der Waals surface area contributed by atoms with Crippen LogP contribution in [-0.2, 0) is 43.0 Å². The highest BCUT2D eigenvalue weighted by Gasteiger charge is 2.34. The average Bonchev–Trinajstić information content (AvgIpc) is 3.31. The summed E-state index contributed by atoms with van der Waals surface area (Å²) in [5.41, 5.74) is 9.26. The lowest BCUT2D eigenvalue weighted by molar-refractivity contribution is -0.130. The van der Waals surface area contributed by atoms with E-state index in [4.69, 9.17) is 24.8 Å². The van der Waals surface area contributed by atoms with Crippen molar-refractivity contribution < 1.29 is 57.7 Å². The first-order chi connectivity index (χ1) is 32.5. The first-order valence-corrected chi connectivity index (χ1v) is 23.1. The number of piperazine rings is 1. The van der Waals surface area contributed by atoms with Crippen LogP contribution in [0.5, 0.6) is 0 Å². The summed E-state index contributed by atoms with van der Waals surface area (Å²) in [4.78, 5) is 98.9. The Morgan fingerprint density at radius 1 is 0.912 bits per heavy atom. The zero-order valence-electron chi connectivity index (χ0n) is 40.0. The Morgan fingerprint density at radius 3 is 2.24 bits per heavy atom. The molecule has 68 heavy (non-hydrogen) atoms. The number of carbonyl (C=O) groups excluding carboxylic acids is 7. The highest BCUT2D eigenvalue weighted by molar-refractivity contribution is 6.23. The lowest BCUT2D eigenvalue weighted by Gasteiger charge is -2.34. The second kappa shape index (κ2) is 27.6. The number of nitrogens with zero attached hydrogens (tertiary/aromatic N) is 2. The number of anilines is 1. The predicted molar refractivity (Wildman–Crippen MR) is 253 cm³/mol. The molecule has 2 heterocycles. The van der Waals surface area contributed by atoms with Crippen LogP contribution < -0.4 is 27.2 Å². The number of aliphatic hydroxyl groups excluding tert-OH is 1. The topological polar surface area (TPSA) is 257 Å². The number of aliphatic hydroxyl groups is 1. The summed E-state index contributed by atoms with van der Waals surface area (Å²) in [5, 5.41) is 20.1. The van der Waals surface area contributed by atoms with Crippen molar-refractivity contribution >= 4 is 47.2 Å². The molecule has 5 amide bonds. The zero-order chi connectivity index (χ0) is 49.8. The number of primary amides is 1. The van der Waals surface area contributed by atoms with Crippen LogP contribution in [0.1, 0.15) is 79.1 Å². The molecule has 19 heteroatoms. The summed E-state index contributed by atoms with van der Waals surface area (Å²) in [6, 6.07) is 9.24. The fourth-order valence-electron chi connectivity index (χ4n) is 8.16. The Bertz CT molecular complexity index is 2090. The summed E-state index contributed by atoms with van der Waals surface area (Å²) in [6.45, 7) is 9.31. The molecule has 1 fully saturated rings. The summed E-state index contributed by atoms with van der Waals surface area (Å²) in [5.74, 6) is -2.90. The molecule has 3 aliphatic rings. The van der Waals surface area contributed by atoms with E-state index in [2.05, 4.69) is 26.3 Å². The number of rotatable bonds is 15. The maximum Gasteiger partial charge on any atom is 0.434 e. The van der Waals surface area contributed by atoms with Gasteiger partial charge in [-0.15, -0.1) is 0 Å². The minimum atomic E-state index is -1.03. The van der Waals surface area contributed by atoms with E-state index in [1.54, 1.807) is 26.0 Å². The van der Waals surface area contributed by atoms with E-state index in [1.165, 1.54) is 38.2 Å². The highest BCUT2D eigenvalue weighted by atomic mass is 16.7. The maximum atomic E-state index is 14.1. The van der Waals surface area contributed by atoms with Crippen LogP contribution in [0, 0.1) is 11.8 Å². The molecule has 0 radical (unpaired) electrons. The molecule has 6 atom stereocenters. The number of nitrogens with two attached hydrogens (primary N) is 1. The number of hydroxylamine groups is 1. The van der Waals surface area contributed by atoms with Gasteiger partial charge in [0.25, 0.3) is 11.8 Å². The second-order valence-corrected chi connectivity index (χ2v) is 17.4. The van der Waals surface area contributed by atoms with Gasteiger partial charge < -0.3 is 50.7 Å². The number of ether oxygens (including phenoxy) is 3. The van der Waals surface area contributed by atoms with Crippen LogP contribution in [0.15, 0.2) is 88.8 Å². The molecule has 0 spiro atoms. The van der Waals surface area contributed by atoms with E-state index < -0.39 is 65.9 Å². The number of carbonyl (C=O) groups is 7. The molecule has 0 saturated carbocycles. The molecule has 0 unspecified atom stereocenters. The smallest absolute Gasteiger partial charge is 0.434 e. The van der Waals surface area contributed by atoms with Crippen molar-refractivity contribution in [2.45, 2.75) is 103 Å². The molecule has 19 nitrogen and oxygen atoms in total. The molecule has 4 rings (SSSR count). The van der Waals surface area contributed by atoms with E-state index >= 15 is 0 Å². The minimum Gasteiger partial charge on any atom is -0.439 e. The Kier molecular flexibility index (Phi) is 22.1. The van der Waals surface area contributed by atoms with Gasteiger partial charge in [0.15, 0.2) is 6.10 Å². The third-order valence-electron chi connectivity index (χ3n) is 12.0. The summed E-state index contributed by atoms with van der Waals surface area (Å²) < 4.78 is 16.8. The van der Waals surface area contributed by atoms with E-state index in [0.717, 1.165) is 24.6 Å². The molecule has 0 aromatic heterocycles. The highest BCUT2D eigenvalue weighted by Crippen LogP contribution is 2.29. The van der Waals surface area contributed by atoms with Gasteiger partial charge in [-0.2, -0.15) is 5.48 Å². The monoisotopic (exact) mass is 948 g/mol. The number of Topliss-reactive ketones (excluding diaryl/α,β-unsaturated/α-hetero) is 1. The second-order valence-electron chi connectivity index (χ2n) is 17.4. The van der Waals surface area contributed by atoms with E-state index in [1.807, 2.05) is 37.3 Å². The molecule has 1 aromatic carbocycles. The third-order valence-corrected chi connectivity index (χ3v) is 12.0. The number of hydrogen-bond donors (Lipinski definition) is 6. The largest absolute Gasteiger partial charge is 0.439 e. The molecule has 7 N–H and O–H groups in total. The third kappa shape index (κ3) is 17.2. The number of benzene rings is 1. The fourth-order valence-corrected chi connectivity index (χ4v) is 8.16. The zero-order valence-corrected chi connectivity index (χ0v) is 40.0. The van der Waals surface area contributed by atoms with Gasteiger partial charge in [0, 0.05) is 95.2 Å². The Morgan fingerprint density at radius 2 is 1.59 bits per heavy atom. The van der Waals surface area contributed by atoms with Crippen molar-refractivity contribution in [1.82, 2.24) is 25.9 Å². The Balaban J connectivity index is 1.32. The van der Waals surface area contributed by atoms with Gasteiger partial charge >= 0.3 is 12.2 Å². The van der Waals surface area contributed by atoms with Crippen molar-refractivity contribution in [3.05, 3.63) is 88.8 Å². The predicted octanol–water partition coefficient (Wildman–Crippen LogP) is 4.12. The number of para-hydroxylation sites is 1. The lowest BCUT2D eigenvalue weighted by atomic mass is 9.85. The Labute approximate surface area is 398 Å². The van der Waals surface area contributed by atoms with Gasteiger partial charge in [-0.05, 0) is 63.2 Å². The number of fused-ring (bicyclic) bond motifs is 2. The van der Waals surface area contributed by atoms with Crippen molar-refractivity contribution in [3.63, 3.8) is 0 Å². The van der Waals surface area contributed by atoms with Crippen molar-refractivity contribution in [1.29, 1.82) is 0 Å². The van der Waals surface area contributed by atoms with Crippen molar-refractivity contribution in [3.8, 4) is 0 Å².